The van der Waals surface area contributed by atoms with Crippen molar-refractivity contribution >= 4 is 5.97 Å². The highest BCUT2D eigenvalue weighted by molar-refractivity contribution is 5.81. The molecule has 1 aromatic carbocycles. The lowest BCUT2D eigenvalue weighted by atomic mass is 9.62. The topological polar surface area (TPSA) is 63.3 Å². The molecule has 0 saturated heterocycles. The predicted molar refractivity (Wildman–Crippen MR) is 111 cm³/mol. The molecule has 3 rings (SSSR count). The van der Waals surface area contributed by atoms with Gasteiger partial charge in [0.15, 0.2) is 0 Å². The van der Waals surface area contributed by atoms with Crippen molar-refractivity contribution in [1.82, 2.24) is 0 Å². The standard InChI is InChI=1S/C24H33NO2/c1-16(13-20(26)27)9-10-24(25)15-23(24,6)17-7-8-18-19(14-17)22(4,5)12-11-21(18,2)3/h7-10,13-14H,11-12,15,25H2,1-6H3,(H,26,27)/b10-9+,16-13+/t23-,24+/m1/s1. The lowest BCUT2D eigenvalue weighted by Crippen LogP contribution is -2.35. The van der Waals surface area contributed by atoms with Crippen molar-refractivity contribution in [1.29, 1.82) is 0 Å². The third-order valence-corrected chi connectivity index (χ3v) is 7.03. The summed E-state index contributed by atoms with van der Waals surface area (Å²) in [6.07, 6.45) is 8.31. The molecule has 0 heterocycles. The Bertz CT molecular complexity index is 846. The number of hydrogen-bond donors (Lipinski definition) is 2. The normalized spacial score (nSPS) is 31.6. The smallest absolute Gasteiger partial charge is 0.328 e. The fraction of sp³-hybridized carbons (Fsp3) is 0.542. The molecule has 1 fully saturated rings. The van der Waals surface area contributed by atoms with Crippen LogP contribution in [0.15, 0.2) is 42.0 Å². The Hall–Kier alpha value is -1.87. The first-order chi connectivity index (χ1) is 12.3. The third-order valence-electron chi connectivity index (χ3n) is 7.03. The van der Waals surface area contributed by atoms with Crippen LogP contribution < -0.4 is 5.73 Å². The van der Waals surface area contributed by atoms with E-state index in [1.807, 2.05) is 12.2 Å². The SMILES string of the molecule is CC(/C=C/[C@]1(N)C[C@]1(C)c1ccc2c(c1)C(C)(C)CCC2(C)C)=C\C(=O)O. The molecule has 3 nitrogen and oxygen atoms in total. The van der Waals surface area contributed by atoms with E-state index in [1.165, 1.54) is 35.6 Å². The Morgan fingerprint density at radius 3 is 2.26 bits per heavy atom. The van der Waals surface area contributed by atoms with Gasteiger partial charge in [0, 0.05) is 17.0 Å². The van der Waals surface area contributed by atoms with Gasteiger partial charge in [-0.3, -0.25) is 0 Å². The average Bonchev–Trinajstić information content (AvgIpc) is 3.13. The fourth-order valence-corrected chi connectivity index (χ4v) is 4.61. The van der Waals surface area contributed by atoms with Gasteiger partial charge in [-0.05, 0) is 59.3 Å². The van der Waals surface area contributed by atoms with Gasteiger partial charge in [-0.25, -0.2) is 4.79 Å². The molecule has 0 aromatic heterocycles. The van der Waals surface area contributed by atoms with Crippen molar-refractivity contribution in [2.45, 2.75) is 82.6 Å². The first-order valence-electron chi connectivity index (χ1n) is 9.86. The minimum absolute atomic E-state index is 0.111. The molecule has 0 amide bonds. The molecule has 2 aliphatic carbocycles. The van der Waals surface area contributed by atoms with Crippen LogP contribution in [0.5, 0.6) is 0 Å². The van der Waals surface area contributed by atoms with Crippen LogP contribution in [0.3, 0.4) is 0 Å². The molecule has 3 heteroatoms. The van der Waals surface area contributed by atoms with E-state index in [4.69, 9.17) is 10.8 Å². The van der Waals surface area contributed by atoms with Gasteiger partial charge in [-0.1, -0.05) is 65.0 Å². The van der Waals surface area contributed by atoms with E-state index in [0.29, 0.717) is 5.57 Å². The highest BCUT2D eigenvalue weighted by Crippen LogP contribution is 2.58. The fourth-order valence-electron chi connectivity index (χ4n) is 4.61. The second-order valence-corrected chi connectivity index (χ2v) is 10.1. The van der Waals surface area contributed by atoms with Crippen LogP contribution in [-0.2, 0) is 21.0 Å². The van der Waals surface area contributed by atoms with Crippen molar-refractivity contribution < 1.29 is 9.90 Å². The maximum atomic E-state index is 10.8. The number of hydrogen-bond acceptors (Lipinski definition) is 2. The summed E-state index contributed by atoms with van der Waals surface area (Å²) in [5, 5.41) is 8.87. The van der Waals surface area contributed by atoms with E-state index in [1.54, 1.807) is 6.92 Å². The summed E-state index contributed by atoms with van der Waals surface area (Å²) in [7, 11) is 0. The maximum absolute atomic E-state index is 10.8. The summed E-state index contributed by atoms with van der Waals surface area (Å²) in [5.74, 6) is -0.929. The molecule has 27 heavy (non-hydrogen) atoms. The van der Waals surface area contributed by atoms with Gasteiger partial charge in [0.1, 0.15) is 0 Å². The third kappa shape index (κ3) is 3.38. The number of aliphatic carboxylic acids is 1. The zero-order valence-electron chi connectivity index (χ0n) is 17.5. The molecular formula is C24H33NO2. The molecule has 146 valence electrons. The molecule has 0 spiro atoms. The largest absolute Gasteiger partial charge is 0.478 e. The summed E-state index contributed by atoms with van der Waals surface area (Å²) in [6.45, 7) is 13.4. The summed E-state index contributed by atoms with van der Waals surface area (Å²) in [4.78, 5) is 10.8. The molecular weight excluding hydrogens is 334 g/mol. The van der Waals surface area contributed by atoms with Gasteiger partial charge < -0.3 is 10.8 Å². The lowest BCUT2D eigenvalue weighted by Gasteiger charge is -2.42. The van der Waals surface area contributed by atoms with Crippen LogP contribution in [0.25, 0.3) is 0 Å². The van der Waals surface area contributed by atoms with Crippen LogP contribution in [-0.4, -0.2) is 16.6 Å². The number of carbonyl (C=O) groups is 1. The minimum Gasteiger partial charge on any atom is -0.478 e. The molecule has 3 N–H and O–H groups in total. The highest BCUT2D eigenvalue weighted by atomic mass is 16.4. The molecule has 2 aliphatic rings. The predicted octanol–water partition coefficient (Wildman–Crippen LogP) is 4.98. The summed E-state index contributed by atoms with van der Waals surface area (Å²) in [5.41, 5.74) is 11.4. The lowest BCUT2D eigenvalue weighted by molar-refractivity contribution is -0.131. The van der Waals surface area contributed by atoms with E-state index < -0.39 is 11.5 Å². The maximum Gasteiger partial charge on any atom is 0.328 e. The molecule has 0 bridgehead atoms. The Labute approximate surface area is 163 Å². The monoisotopic (exact) mass is 367 g/mol. The number of rotatable bonds is 4. The highest BCUT2D eigenvalue weighted by Gasteiger charge is 2.61. The van der Waals surface area contributed by atoms with Gasteiger partial charge in [0.25, 0.3) is 0 Å². The van der Waals surface area contributed by atoms with Crippen molar-refractivity contribution in [3.05, 3.63) is 58.7 Å². The molecule has 1 saturated carbocycles. The van der Waals surface area contributed by atoms with Gasteiger partial charge >= 0.3 is 5.97 Å². The Kier molecular flexibility index (Phi) is 4.47. The van der Waals surface area contributed by atoms with Crippen molar-refractivity contribution in [2.75, 3.05) is 0 Å². The number of carboxylic acids is 1. The van der Waals surface area contributed by atoms with Gasteiger partial charge in [-0.2, -0.15) is 0 Å². The summed E-state index contributed by atoms with van der Waals surface area (Å²) >= 11 is 0. The van der Waals surface area contributed by atoms with Crippen LogP contribution in [0, 0.1) is 0 Å². The van der Waals surface area contributed by atoms with Crippen LogP contribution >= 0.6 is 0 Å². The number of nitrogens with two attached hydrogens (primary N) is 1. The van der Waals surface area contributed by atoms with Crippen LogP contribution in [0.2, 0.25) is 0 Å². The van der Waals surface area contributed by atoms with Crippen molar-refractivity contribution in [2.24, 2.45) is 5.73 Å². The number of carboxylic acid groups (broad SMARTS) is 1. The quantitative estimate of drug-likeness (QED) is 0.582. The Morgan fingerprint density at radius 1 is 1.07 bits per heavy atom. The van der Waals surface area contributed by atoms with E-state index in [9.17, 15) is 4.79 Å². The van der Waals surface area contributed by atoms with Gasteiger partial charge in [0.2, 0.25) is 0 Å². The van der Waals surface area contributed by atoms with E-state index in [-0.39, 0.29) is 16.2 Å². The van der Waals surface area contributed by atoms with E-state index >= 15 is 0 Å². The van der Waals surface area contributed by atoms with E-state index in [2.05, 4.69) is 52.8 Å². The molecule has 0 radical (unpaired) electrons. The summed E-state index contributed by atoms with van der Waals surface area (Å²) < 4.78 is 0. The number of allylic oxidation sites excluding steroid dienone is 2. The van der Waals surface area contributed by atoms with Gasteiger partial charge in [-0.15, -0.1) is 0 Å². The minimum atomic E-state index is -0.929. The van der Waals surface area contributed by atoms with E-state index in [0.717, 1.165) is 6.42 Å². The van der Waals surface area contributed by atoms with Crippen LogP contribution in [0.1, 0.15) is 77.5 Å². The number of benzene rings is 1. The Balaban J connectivity index is 1.94. The zero-order valence-corrected chi connectivity index (χ0v) is 17.5. The Morgan fingerprint density at radius 2 is 1.67 bits per heavy atom. The zero-order chi connectivity index (χ0) is 20.3. The van der Waals surface area contributed by atoms with Crippen molar-refractivity contribution in [3.63, 3.8) is 0 Å². The average molecular weight is 368 g/mol. The molecule has 2 atom stereocenters. The molecule has 1 aromatic rings. The first kappa shape index (κ1) is 19.9. The summed E-state index contributed by atoms with van der Waals surface area (Å²) in [6, 6.07) is 6.96. The first-order valence-corrected chi connectivity index (χ1v) is 9.86. The second-order valence-electron chi connectivity index (χ2n) is 10.1. The van der Waals surface area contributed by atoms with Crippen LogP contribution in [0.4, 0.5) is 0 Å². The molecule has 0 aliphatic heterocycles. The van der Waals surface area contributed by atoms with Gasteiger partial charge in [0.05, 0.1) is 0 Å². The number of fused-ring (bicyclic) bond motifs is 1. The second kappa shape index (κ2) is 6.07. The molecule has 0 unspecified atom stereocenters. The van der Waals surface area contributed by atoms with Crippen molar-refractivity contribution in [3.8, 4) is 0 Å².